The number of oxazole rings is 1. The van der Waals surface area contributed by atoms with Crippen molar-refractivity contribution < 1.29 is 4.42 Å². The summed E-state index contributed by atoms with van der Waals surface area (Å²) in [4.78, 5) is 15.3. The number of nitrogens with zero attached hydrogens (tertiary/aromatic N) is 1. The monoisotopic (exact) mass is 212 g/mol. The highest BCUT2D eigenvalue weighted by molar-refractivity contribution is 6.19. The van der Waals surface area contributed by atoms with Gasteiger partial charge in [0.25, 0.3) is 0 Å². The number of H-pyrrole nitrogens is 1. The second-order valence-corrected chi connectivity index (χ2v) is 3.25. The quantitative estimate of drug-likeness (QED) is 0.610. The molecule has 0 amide bonds. The summed E-state index contributed by atoms with van der Waals surface area (Å²) in [5.41, 5.74) is 2.18. The fourth-order valence-electron chi connectivity index (χ4n) is 1.25. The first kappa shape index (κ1) is 9.15. The molecule has 0 unspecified atom stereocenters. The van der Waals surface area contributed by atoms with E-state index in [4.69, 9.17) is 16.0 Å². The van der Waals surface area contributed by atoms with E-state index in [-0.39, 0.29) is 0 Å². The molecule has 0 spiro atoms. The summed E-state index contributed by atoms with van der Waals surface area (Å²) in [6, 6.07) is 5.81. The maximum Gasteiger partial charge on any atom is 0.417 e. The molecule has 1 aromatic carbocycles. The van der Waals surface area contributed by atoms with Crippen molar-refractivity contribution in [2.75, 3.05) is 18.0 Å². The van der Waals surface area contributed by atoms with Crippen molar-refractivity contribution in [3.63, 3.8) is 0 Å². The van der Waals surface area contributed by atoms with E-state index in [1.165, 1.54) is 0 Å². The van der Waals surface area contributed by atoms with Crippen LogP contribution < -0.4 is 10.7 Å². The van der Waals surface area contributed by atoms with Gasteiger partial charge < -0.3 is 9.32 Å². The smallest absolute Gasteiger partial charge is 0.408 e. The number of nitrogens with one attached hydrogen (secondary N) is 1. The van der Waals surface area contributed by atoms with E-state index < -0.39 is 5.76 Å². The van der Waals surface area contributed by atoms with Gasteiger partial charge in [-0.05, 0) is 18.2 Å². The van der Waals surface area contributed by atoms with Crippen molar-refractivity contribution in [1.82, 2.24) is 4.98 Å². The maximum absolute atomic E-state index is 10.9. The molecule has 5 heteroatoms. The van der Waals surface area contributed by atoms with Gasteiger partial charge in [-0.3, -0.25) is 4.98 Å². The summed E-state index contributed by atoms with van der Waals surface area (Å²) in [7, 11) is 1.87. The third-order valence-corrected chi connectivity index (χ3v) is 2.38. The zero-order chi connectivity index (χ0) is 10.1. The van der Waals surface area contributed by atoms with Crippen LogP contribution in [0.5, 0.6) is 0 Å². The Morgan fingerprint density at radius 2 is 2.36 bits per heavy atom. The summed E-state index contributed by atoms with van der Waals surface area (Å²) in [6.45, 7) is 0. The van der Waals surface area contributed by atoms with E-state index in [1.807, 2.05) is 24.1 Å². The molecule has 0 aliphatic carbocycles. The molecule has 1 aromatic heterocycles. The number of anilines is 1. The molecule has 0 saturated carbocycles. The molecule has 1 heterocycles. The minimum absolute atomic E-state index is 0.396. The Kier molecular flexibility index (Phi) is 2.21. The second kappa shape index (κ2) is 3.38. The molecule has 2 rings (SSSR count). The van der Waals surface area contributed by atoms with Crippen LogP contribution >= 0.6 is 11.6 Å². The van der Waals surface area contributed by atoms with E-state index >= 15 is 0 Å². The predicted octanol–water partition coefficient (Wildman–Crippen LogP) is 1.75. The van der Waals surface area contributed by atoms with Gasteiger partial charge in [0.2, 0.25) is 0 Å². The van der Waals surface area contributed by atoms with Crippen molar-refractivity contribution in [3.8, 4) is 0 Å². The Morgan fingerprint density at radius 3 is 3.07 bits per heavy atom. The zero-order valence-corrected chi connectivity index (χ0v) is 8.34. The number of fused-ring (bicyclic) bond motifs is 1. The second-order valence-electron chi connectivity index (χ2n) is 3.01. The number of alkyl halides is 1. The first-order valence-corrected chi connectivity index (χ1v) is 4.64. The largest absolute Gasteiger partial charge is 0.417 e. The molecule has 0 atom stereocenters. The lowest BCUT2D eigenvalue weighted by molar-refractivity contribution is 0.555. The molecule has 0 radical (unpaired) electrons. The van der Waals surface area contributed by atoms with Gasteiger partial charge in [-0.1, -0.05) is 0 Å². The number of hydrogen-bond acceptors (Lipinski definition) is 3. The minimum Gasteiger partial charge on any atom is -0.408 e. The third-order valence-electron chi connectivity index (χ3n) is 2.02. The number of benzene rings is 1. The molecule has 0 aliphatic heterocycles. The average Bonchev–Trinajstić information content (AvgIpc) is 2.55. The Morgan fingerprint density at radius 1 is 1.57 bits per heavy atom. The van der Waals surface area contributed by atoms with Crippen LogP contribution in [0.3, 0.4) is 0 Å². The van der Waals surface area contributed by atoms with Crippen LogP contribution in [-0.2, 0) is 0 Å². The predicted molar refractivity (Wildman–Crippen MR) is 56.0 cm³/mol. The Bertz CT molecular complexity index is 503. The number of halogens is 1. The van der Waals surface area contributed by atoms with Gasteiger partial charge in [-0.15, -0.1) is 11.6 Å². The Hall–Kier alpha value is -1.42. The first-order valence-electron chi connectivity index (χ1n) is 4.10. The molecule has 0 saturated heterocycles. The van der Waals surface area contributed by atoms with E-state index in [2.05, 4.69) is 4.98 Å². The lowest BCUT2D eigenvalue weighted by atomic mass is 10.3. The van der Waals surface area contributed by atoms with Gasteiger partial charge in [0.15, 0.2) is 5.58 Å². The van der Waals surface area contributed by atoms with Crippen molar-refractivity contribution in [2.45, 2.75) is 0 Å². The highest BCUT2D eigenvalue weighted by atomic mass is 35.5. The van der Waals surface area contributed by atoms with E-state index in [0.717, 1.165) is 5.69 Å². The zero-order valence-electron chi connectivity index (χ0n) is 7.58. The SMILES string of the molecule is CN(CCl)c1ccc2oc(=O)[nH]c2c1. The summed E-state index contributed by atoms with van der Waals surface area (Å²) < 4.78 is 4.87. The van der Waals surface area contributed by atoms with Crippen molar-refractivity contribution in [2.24, 2.45) is 0 Å². The average molecular weight is 213 g/mol. The lowest BCUT2D eigenvalue weighted by Crippen LogP contribution is -2.13. The Labute approximate surface area is 85.1 Å². The highest BCUT2D eigenvalue weighted by Gasteiger charge is 2.04. The van der Waals surface area contributed by atoms with Crippen LogP contribution in [0.4, 0.5) is 5.69 Å². The third kappa shape index (κ3) is 1.48. The first-order chi connectivity index (χ1) is 6.70. The van der Waals surface area contributed by atoms with Gasteiger partial charge in [0.05, 0.1) is 11.5 Å². The topological polar surface area (TPSA) is 49.2 Å². The van der Waals surface area contributed by atoms with Crippen molar-refractivity contribution in [1.29, 1.82) is 0 Å². The molecular weight excluding hydrogens is 204 g/mol. The summed E-state index contributed by atoms with van der Waals surface area (Å²) in [6.07, 6.45) is 0. The lowest BCUT2D eigenvalue weighted by Gasteiger charge is -2.14. The van der Waals surface area contributed by atoms with Gasteiger partial charge in [0.1, 0.15) is 0 Å². The summed E-state index contributed by atoms with van der Waals surface area (Å²) >= 11 is 5.67. The maximum atomic E-state index is 10.9. The van der Waals surface area contributed by atoms with Crippen LogP contribution in [-0.4, -0.2) is 18.0 Å². The van der Waals surface area contributed by atoms with Gasteiger partial charge >= 0.3 is 5.76 Å². The van der Waals surface area contributed by atoms with E-state index in [1.54, 1.807) is 6.07 Å². The number of aromatic amines is 1. The van der Waals surface area contributed by atoms with Crippen molar-refractivity contribution in [3.05, 3.63) is 28.7 Å². The minimum atomic E-state index is -0.439. The van der Waals surface area contributed by atoms with Crippen molar-refractivity contribution >= 4 is 28.4 Å². The molecule has 74 valence electrons. The van der Waals surface area contributed by atoms with Crippen LogP contribution in [0, 0.1) is 0 Å². The normalized spacial score (nSPS) is 10.7. The molecule has 14 heavy (non-hydrogen) atoms. The number of aromatic nitrogens is 1. The fraction of sp³-hybridized carbons (Fsp3) is 0.222. The molecular formula is C9H9ClN2O2. The molecule has 0 aliphatic rings. The van der Waals surface area contributed by atoms with Crippen LogP contribution in [0.1, 0.15) is 0 Å². The molecule has 4 nitrogen and oxygen atoms in total. The summed E-state index contributed by atoms with van der Waals surface area (Å²) in [5, 5.41) is 0. The van der Waals surface area contributed by atoms with E-state index in [9.17, 15) is 4.79 Å². The fourth-order valence-corrected chi connectivity index (χ4v) is 1.38. The van der Waals surface area contributed by atoms with Gasteiger partial charge in [-0.2, -0.15) is 0 Å². The standard InChI is InChI=1S/C9H9ClN2O2/c1-12(5-10)6-2-3-8-7(4-6)11-9(13)14-8/h2-4H,5H2,1H3,(H,11,13). The van der Waals surface area contributed by atoms with E-state index in [0.29, 0.717) is 17.1 Å². The summed E-state index contributed by atoms with van der Waals surface area (Å²) in [5.74, 6) is -0.439. The van der Waals surface area contributed by atoms with Gasteiger partial charge in [-0.25, -0.2) is 4.79 Å². The van der Waals surface area contributed by atoms with Crippen LogP contribution in [0.15, 0.2) is 27.4 Å². The molecule has 2 aromatic rings. The molecule has 0 fully saturated rings. The highest BCUT2D eigenvalue weighted by Crippen LogP contribution is 2.19. The molecule has 1 N–H and O–H groups in total. The number of rotatable bonds is 2. The van der Waals surface area contributed by atoms with Crippen LogP contribution in [0.25, 0.3) is 11.1 Å². The Balaban J connectivity index is 2.55. The van der Waals surface area contributed by atoms with Gasteiger partial charge in [0, 0.05) is 12.7 Å². The van der Waals surface area contributed by atoms with Crippen LogP contribution in [0.2, 0.25) is 0 Å². The molecule has 0 bridgehead atoms. The number of hydrogen-bond donors (Lipinski definition) is 1.